The van der Waals surface area contributed by atoms with Crippen LogP contribution in [0.3, 0.4) is 0 Å². The first-order chi connectivity index (χ1) is 5.24. The van der Waals surface area contributed by atoms with Crippen molar-refractivity contribution in [3.63, 3.8) is 0 Å². The van der Waals surface area contributed by atoms with Gasteiger partial charge in [-0.25, -0.2) is 9.59 Å². The van der Waals surface area contributed by atoms with Crippen molar-refractivity contribution < 1.29 is 14.3 Å². The maximum Gasteiger partial charge on any atom is 0.342 e. The van der Waals surface area contributed by atoms with E-state index in [0.717, 1.165) is 0 Å². The van der Waals surface area contributed by atoms with Crippen LogP contribution in [-0.2, 0) is 14.3 Å². The molecule has 0 aromatic heterocycles. The van der Waals surface area contributed by atoms with E-state index in [1.165, 1.54) is 6.08 Å². The number of hydrogen-bond donors (Lipinski definition) is 0. The first kappa shape index (κ1) is 7.72. The summed E-state index contributed by atoms with van der Waals surface area (Å²) < 4.78 is 4.27. The SMILES string of the molecule is CC=CCC1=CC(=O)OC1=O. The second-order valence-corrected chi connectivity index (χ2v) is 2.15. The van der Waals surface area contributed by atoms with Gasteiger partial charge in [0.15, 0.2) is 0 Å². The van der Waals surface area contributed by atoms with Gasteiger partial charge < -0.3 is 4.74 Å². The molecule has 1 rings (SSSR count). The van der Waals surface area contributed by atoms with Crippen LogP contribution in [0.2, 0.25) is 0 Å². The van der Waals surface area contributed by atoms with Crippen LogP contribution in [0.15, 0.2) is 23.8 Å². The first-order valence-electron chi connectivity index (χ1n) is 3.32. The monoisotopic (exact) mass is 152 g/mol. The standard InChI is InChI=1S/C8H8O3/c1-2-3-4-6-5-7(9)11-8(6)10/h2-3,5H,4H2,1H3. The zero-order valence-corrected chi connectivity index (χ0v) is 6.16. The average Bonchev–Trinajstić information content (AvgIpc) is 2.26. The molecule has 0 N–H and O–H groups in total. The molecule has 0 atom stereocenters. The number of allylic oxidation sites excluding steroid dienone is 2. The van der Waals surface area contributed by atoms with Crippen molar-refractivity contribution in [2.75, 3.05) is 0 Å². The molecule has 3 heteroatoms. The fourth-order valence-corrected chi connectivity index (χ4v) is 0.775. The van der Waals surface area contributed by atoms with Crippen LogP contribution in [0.4, 0.5) is 0 Å². The Morgan fingerprint density at radius 2 is 2.27 bits per heavy atom. The fourth-order valence-electron chi connectivity index (χ4n) is 0.775. The number of rotatable bonds is 2. The molecule has 0 aliphatic carbocycles. The molecule has 0 bridgehead atoms. The van der Waals surface area contributed by atoms with Crippen LogP contribution in [0, 0.1) is 0 Å². The van der Waals surface area contributed by atoms with Gasteiger partial charge in [0.2, 0.25) is 0 Å². The summed E-state index contributed by atoms with van der Waals surface area (Å²) in [5.41, 5.74) is 0.424. The number of esters is 2. The summed E-state index contributed by atoms with van der Waals surface area (Å²) in [6, 6.07) is 0. The van der Waals surface area contributed by atoms with Gasteiger partial charge >= 0.3 is 11.9 Å². The lowest BCUT2D eigenvalue weighted by molar-refractivity contribution is -0.150. The molecule has 0 amide bonds. The molecule has 0 saturated carbocycles. The maximum absolute atomic E-state index is 10.7. The third-order valence-electron chi connectivity index (χ3n) is 1.32. The molecule has 0 aromatic rings. The predicted octanol–water partition coefficient (Wildman–Crippen LogP) is 0.962. The van der Waals surface area contributed by atoms with E-state index in [1.807, 2.05) is 13.0 Å². The minimum Gasteiger partial charge on any atom is -0.386 e. The van der Waals surface area contributed by atoms with E-state index in [2.05, 4.69) is 4.74 Å². The van der Waals surface area contributed by atoms with Crippen LogP contribution >= 0.6 is 0 Å². The molecular formula is C8H8O3. The third kappa shape index (κ3) is 1.77. The van der Waals surface area contributed by atoms with Crippen molar-refractivity contribution in [2.24, 2.45) is 0 Å². The van der Waals surface area contributed by atoms with Crippen molar-refractivity contribution in [2.45, 2.75) is 13.3 Å². The van der Waals surface area contributed by atoms with Crippen molar-refractivity contribution in [1.29, 1.82) is 0 Å². The second kappa shape index (κ2) is 3.14. The lowest BCUT2D eigenvalue weighted by Crippen LogP contribution is -2.00. The summed E-state index contributed by atoms with van der Waals surface area (Å²) in [5.74, 6) is -1.08. The summed E-state index contributed by atoms with van der Waals surface area (Å²) in [6.45, 7) is 1.85. The smallest absolute Gasteiger partial charge is 0.342 e. The molecule has 0 radical (unpaired) electrons. The molecule has 0 fully saturated rings. The Bertz CT molecular complexity index is 248. The topological polar surface area (TPSA) is 43.4 Å². The first-order valence-corrected chi connectivity index (χ1v) is 3.32. The summed E-state index contributed by atoms with van der Waals surface area (Å²) in [6.07, 6.45) is 5.31. The highest BCUT2D eigenvalue weighted by atomic mass is 16.6. The van der Waals surface area contributed by atoms with Gasteiger partial charge in [0.05, 0.1) is 0 Å². The van der Waals surface area contributed by atoms with Crippen LogP contribution in [0.5, 0.6) is 0 Å². The van der Waals surface area contributed by atoms with Gasteiger partial charge in [-0.05, 0) is 13.3 Å². The molecule has 1 aliphatic heterocycles. The zero-order chi connectivity index (χ0) is 8.27. The number of carbonyl (C=O) groups is 2. The number of carbonyl (C=O) groups excluding carboxylic acids is 2. The minimum absolute atomic E-state index is 0.424. The predicted molar refractivity (Wildman–Crippen MR) is 38.6 cm³/mol. The maximum atomic E-state index is 10.7. The van der Waals surface area contributed by atoms with E-state index in [9.17, 15) is 9.59 Å². The number of cyclic esters (lactones) is 2. The highest BCUT2D eigenvalue weighted by Gasteiger charge is 2.21. The molecule has 1 aliphatic rings. The van der Waals surface area contributed by atoms with Crippen molar-refractivity contribution >= 4 is 11.9 Å². The van der Waals surface area contributed by atoms with E-state index < -0.39 is 11.9 Å². The summed E-state index contributed by atoms with van der Waals surface area (Å²) >= 11 is 0. The summed E-state index contributed by atoms with van der Waals surface area (Å²) in [5, 5.41) is 0. The normalized spacial score (nSPS) is 17.4. The lowest BCUT2D eigenvalue weighted by atomic mass is 10.2. The zero-order valence-electron chi connectivity index (χ0n) is 6.16. The van der Waals surface area contributed by atoms with Crippen LogP contribution < -0.4 is 0 Å². The fraction of sp³-hybridized carbons (Fsp3) is 0.250. The van der Waals surface area contributed by atoms with Crippen LogP contribution in [0.25, 0.3) is 0 Å². The van der Waals surface area contributed by atoms with Gasteiger partial charge in [-0.2, -0.15) is 0 Å². The molecular weight excluding hydrogens is 144 g/mol. The molecule has 0 unspecified atom stereocenters. The number of ether oxygens (including phenoxy) is 1. The van der Waals surface area contributed by atoms with Gasteiger partial charge in [0.25, 0.3) is 0 Å². The Balaban J connectivity index is 2.64. The Kier molecular flexibility index (Phi) is 2.21. The number of hydrogen-bond acceptors (Lipinski definition) is 3. The van der Waals surface area contributed by atoms with Gasteiger partial charge in [0.1, 0.15) is 0 Å². The molecule has 1 heterocycles. The van der Waals surface area contributed by atoms with Crippen molar-refractivity contribution in [3.05, 3.63) is 23.8 Å². The third-order valence-corrected chi connectivity index (χ3v) is 1.32. The average molecular weight is 152 g/mol. The van der Waals surface area contributed by atoms with Crippen molar-refractivity contribution in [3.8, 4) is 0 Å². The molecule has 0 spiro atoms. The summed E-state index contributed by atoms with van der Waals surface area (Å²) in [7, 11) is 0. The van der Waals surface area contributed by atoms with E-state index >= 15 is 0 Å². The highest BCUT2D eigenvalue weighted by Crippen LogP contribution is 2.12. The molecule has 0 saturated heterocycles. The van der Waals surface area contributed by atoms with E-state index in [0.29, 0.717) is 12.0 Å². The Morgan fingerprint density at radius 3 is 2.73 bits per heavy atom. The van der Waals surface area contributed by atoms with Gasteiger partial charge in [-0.1, -0.05) is 12.2 Å². The van der Waals surface area contributed by atoms with Crippen molar-refractivity contribution in [1.82, 2.24) is 0 Å². The largest absolute Gasteiger partial charge is 0.386 e. The summed E-state index contributed by atoms with van der Waals surface area (Å²) in [4.78, 5) is 21.2. The van der Waals surface area contributed by atoms with Crippen LogP contribution in [0.1, 0.15) is 13.3 Å². The molecule has 11 heavy (non-hydrogen) atoms. The van der Waals surface area contributed by atoms with Gasteiger partial charge in [-0.3, -0.25) is 0 Å². The molecule has 0 aromatic carbocycles. The Hall–Kier alpha value is -1.38. The quantitative estimate of drug-likeness (QED) is 0.336. The molecule has 58 valence electrons. The van der Waals surface area contributed by atoms with E-state index in [4.69, 9.17) is 0 Å². The van der Waals surface area contributed by atoms with E-state index in [1.54, 1.807) is 6.08 Å². The minimum atomic E-state index is -0.561. The Morgan fingerprint density at radius 1 is 1.55 bits per heavy atom. The second-order valence-electron chi connectivity index (χ2n) is 2.15. The van der Waals surface area contributed by atoms with E-state index in [-0.39, 0.29) is 0 Å². The molecule has 3 nitrogen and oxygen atoms in total. The highest BCUT2D eigenvalue weighted by molar-refractivity contribution is 6.08. The van der Waals surface area contributed by atoms with Crippen LogP contribution in [-0.4, -0.2) is 11.9 Å². The Labute approximate surface area is 64.3 Å². The van der Waals surface area contributed by atoms with Gasteiger partial charge in [0, 0.05) is 11.6 Å². The van der Waals surface area contributed by atoms with Gasteiger partial charge in [-0.15, -0.1) is 0 Å². The lowest BCUT2D eigenvalue weighted by Gasteiger charge is -1.90.